The first-order valence-corrected chi connectivity index (χ1v) is 4.75. The van der Waals surface area contributed by atoms with Crippen molar-refractivity contribution in [2.24, 2.45) is 0 Å². The van der Waals surface area contributed by atoms with Crippen LogP contribution in [0.1, 0.15) is 24.2 Å². The summed E-state index contributed by atoms with van der Waals surface area (Å²) in [6, 6.07) is 4.24. The fraction of sp³-hybridized carbons (Fsp3) is 0.364. The van der Waals surface area contributed by atoms with Crippen LogP contribution < -0.4 is 10.1 Å². The monoisotopic (exact) mass is 213 g/mol. The second kappa shape index (κ2) is 6.81. The van der Waals surface area contributed by atoms with Crippen molar-refractivity contribution >= 4 is 5.91 Å². The van der Waals surface area contributed by atoms with Crippen LogP contribution in [0.25, 0.3) is 0 Å². The molecule has 1 N–H and O–H groups in total. The molecule has 0 radical (unpaired) electrons. The van der Waals surface area contributed by atoms with Crippen LogP contribution >= 0.6 is 0 Å². The molecule has 0 unspecified atom stereocenters. The first-order chi connectivity index (χ1) is 7.20. The van der Waals surface area contributed by atoms with E-state index in [1.807, 2.05) is 13.8 Å². The summed E-state index contributed by atoms with van der Waals surface area (Å²) in [5, 5.41) is 2.34. The zero-order chi connectivity index (χ0) is 11.8. The van der Waals surface area contributed by atoms with Gasteiger partial charge in [-0.1, -0.05) is 19.9 Å². The van der Waals surface area contributed by atoms with Crippen molar-refractivity contribution in [2.75, 3.05) is 14.2 Å². The van der Waals surface area contributed by atoms with Gasteiger partial charge in [-0.2, -0.15) is 0 Å². The number of methoxy groups -OCH3 is 1. The number of ether oxygens (including phenoxy) is 1. The molecule has 0 atom stereocenters. The quantitative estimate of drug-likeness (QED) is 0.818. The fourth-order valence-corrected chi connectivity index (χ4v) is 1.02. The standard InChI is InChI=1S/C9H10FNO2.C2H6/c1-11-9(12)8-6(10)4-3-5-7(8)13-2;1-2/h3-5H,1-2H3,(H,11,12);1-2H3. The predicted octanol–water partition coefficient (Wildman–Crippen LogP) is 2.22. The maximum atomic E-state index is 13.1. The third-order valence-corrected chi connectivity index (χ3v) is 1.65. The Kier molecular flexibility index (Phi) is 6.09. The number of benzene rings is 1. The third-order valence-electron chi connectivity index (χ3n) is 1.65. The van der Waals surface area contributed by atoms with Gasteiger partial charge in [-0.15, -0.1) is 0 Å². The molecule has 3 nitrogen and oxygen atoms in total. The Morgan fingerprint density at radius 1 is 1.40 bits per heavy atom. The van der Waals surface area contributed by atoms with Crippen LogP contribution in [0.5, 0.6) is 5.75 Å². The molecule has 0 aromatic heterocycles. The van der Waals surface area contributed by atoms with Crippen LogP contribution in [0.3, 0.4) is 0 Å². The number of carbonyl (C=O) groups is 1. The van der Waals surface area contributed by atoms with E-state index < -0.39 is 11.7 Å². The molecule has 0 saturated heterocycles. The molecule has 0 aliphatic heterocycles. The third kappa shape index (κ3) is 3.23. The number of rotatable bonds is 2. The topological polar surface area (TPSA) is 38.3 Å². The molecule has 4 heteroatoms. The van der Waals surface area contributed by atoms with E-state index in [0.717, 1.165) is 0 Å². The Morgan fingerprint density at radius 2 is 2.00 bits per heavy atom. The zero-order valence-electron chi connectivity index (χ0n) is 9.43. The van der Waals surface area contributed by atoms with Gasteiger partial charge in [0.1, 0.15) is 17.1 Å². The summed E-state index contributed by atoms with van der Waals surface area (Å²) < 4.78 is 18.0. The van der Waals surface area contributed by atoms with Crippen molar-refractivity contribution in [1.82, 2.24) is 5.32 Å². The Morgan fingerprint density at radius 3 is 2.47 bits per heavy atom. The minimum absolute atomic E-state index is 0.0625. The molecule has 0 heterocycles. The maximum Gasteiger partial charge on any atom is 0.257 e. The van der Waals surface area contributed by atoms with Gasteiger partial charge in [0.05, 0.1) is 7.11 Å². The average molecular weight is 213 g/mol. The molecule has 1 rings (SSSR count). The fourth-order valence-electron chi connectivity index (χ4n) is 1.02. The Labute approximate surface area is 89.3 Å². The largest absolute Gasteiger partial charge is 0.496 e. The Hall–Kier alpha value is -1.58. The molecule has 84 valence electrons. The molecule has 15 heavy (non-hydrogen) atoms. The van der Waals surface area contributed by atoms with Gasteiger partial charge < -0.3 is 10.1 Å². The summed E-state index contributed by atoms with van der Waals surface area (Å²) in [5.74, 6) is -0.840. The lowest BCUT2D eigenvalue weighted by Gasteiger charge is -2.07. The number of carbonyl (C=O) groups excluding carboxylic acids is 1. The molecular weight excluding hydrogens is 197 g/mol. The van der Waals surface area contributed by atoms with Crippen molar-refractivity contribution < 1.29 is 13.9 Å². The molecule has 1 aromatic rings. The summed E-state index contributed by atoms with van der Waals surface area (Å²) in [6.45, 7) is 4.00. The lowest BCUT2D eigenvalue weighted by Crippen LogP contribution is -2.20. The summed E-state index contributed by atoms with van der Waals surface area (Å²) in [6.07, 6.45) is 0. The summed E-state index contributed by atoms with van der Waals surface area (Å²) in [5.41, 5.74) is -0.0625. The minimum Gasteiger partial charge on any atom is -0.496 e. The number of halogens is 1. The van der Waals surface area contributed by atoms with Gasteiger partial charge in [0.15, 0.2) is 0 Å². The van der Waals surface area contributed by atoms with E-state index in [4.69, 9.17) is 4.74 Å². The van der Waals surface area contributed by atoms with Gasteiger partial charge in [-0.3, -0.25) is 4.79 Å². The van der Waals surface area contributed by atoms with E-state index in [9.17, 15) is 9.18 Å². The highest BCUT2D eigenvalue weighted by Gasteiger charge is 2.15. The van der Waals surface area contributed by atoms with Gasteiger partial charge >= 0.3 is 0 Å². The maximum absolute atomic E-state index is 13.1. The van der Waals surface area contributed by atoms with Crippen LogP contribution in [0.15, 0.2) is 18.2 Å². The highest BCUT2D eigenvalue weighted by molar-refractivity contribution is 5.96. The smallest absolute Gasteiger partial charge is 0.257 e. The van der Waals surface area contributed by atoms with E-state index in [-0.39, 0.29) is 11.3 Å². The van der Waals surface area contributed by atoms with E-state index >= 15 is 0 Å². The molecule has 0 bridgehead atoms. The zero-order valence-corrected chi connectivity index (χ0v) is 9.43. The van der Waals surface area contributed by atoms with Crippen molar-refractivity contribution in [3.63, 3.8) is 0 Å². The number of hydrogen-bond acceptors (Lipinski definition) is 2. The van der Waals surface area contributed by atoms with Crippen LogP contribution in [-0.4, -0.2) is 20.1 Å². The van der Waals surface area contributed by atoms with Crippen LogP contribution in [0, 0.1) is 5.82 Å². The van der Waals surface area contributed by atoms with Gasteiger partial charge in [0.25, 0.3) is 5.91 Å². The number of amides is 1. The second-order valence-electron chi connectivity index (χ2n) is 2.40. The second-order valence-corrected chi connectivity index (χ2v) is 2.40. The highest BCUT2D eigenvalue weighted by atomic mass is 19.1. The molecule has 0 spiro atoms. The molecule has 0 saturated carbocycles. The van der Waals surface area contributed by atoms with Gasteiger partial charge in [-0.05, 0) is 12.1 Å². The first kappa shape index (κ1) is 13.4. The number of hydrogen-bond donors (Lipinski definition) is 1. The molecule has 0 aliphatic carbocycles. The lowest BCUT2D eigenvalue weighted by molar-refractivity contribution is 0.0956. The molecule has 1 amide bonds. The van der Waals surface area contributed by atoms with Crippen LogP contribution in [-0.2, 0) is 0 Å². The van der Waals surface area contributed by atoms with Gasteiger partial charge in [0, 0.05) is 7.05 Å². The van der Waals surface area contributed by atoms with Crippen molar-refractivity contribution in [3.05, 3.63) is 29.6 Å². The summed E-state index contributed by atoms with van der Waals surface area (Å²) in [7, 11) is 2.83. The van der Waals surface area contributed by atoms with E-state index in [2.05, 4.69) is 5.32 Å². The summed E-state index contributed by atoms with van der Waals surface area (Å²) >= 11 is 0. The molecule has 0 aliphatic rings. The average Bonchev–Trinajstić information content (AvgIpc) is 2.30. The highest BCUT2D eigenvalue weighted by Crippen LogP contribution is 2.20. The van der Waals surface area contributed by atoms with Crippen LogP contribution in [0.4, 0.5) is 4.39 Å². The SMILES string of the molecule is CC.CNC(=O)c1c(F)cccc1OC. The van der Waals surface area contributed by atoms with E-state index in [0.29, 0.717) is 0 Å². The molecule has 0 fully saturated rings. The summed E-state index contributed by atoms with van der Waals surface area (Å²) in [4.78, 5) is 11.2. The van der Waals surface area contributed by atoms with Crippen molar-refractivity contribution in [1.29, 1.82) is 0 Å². The van der Waals surface area contributed by atoms with Crippen molar-refractivity contribution in [3.8, 4) is 5.75 Å². The van der Waals surface area contributed by atoms with Crippen molar-refractivity contribution in [2.45, 2.75) is 13.8 Å². The predicted molar refractivity (Wildman–Crippen MR) is 57.7 cm³/mol. The van der Waals surface area contributed by atoms with Crippen LogP contribution in [0.2, 0.25) is 0 Å². The molecular formula is C11H16FNO2. The number of nitrogens with one attached hydrogen (secondary N) is 1. The minimum atomic E-state index is -0.585. The lowest BCUT2D eigenvalue weighted by atomic mass is 10.2. The normalized spacial score (nSPS) is 8.60. The van der Waals surface area contributed by atoms with E-state index in [1.54, 1.807) is 0 Å². The molecule has 1 aromatic carbocycles. The Balaban J connectivity index is 0.000000921. The van der Waals surface area contributed by atoms with Gasteiger partial charge in [0.2, 0.25) is 0 Å². The van der Waals surface area contributed by atoms with E-state index in [1.165, 1.54) is 32.4 Å². The van der Waals surface area contributed by atoms with Gasteiger partial charge in [-0.25, -0.2) is 4.39 Å². The first-order valence-electron chi connectivity index (χ1n) is 4.75. The Bertz CT molecular complexity index is 326.